The number of allylic oxidation sites excluding steroid dienone is 4. The molecule has 1 amide bonds. The number of unbranched alkanes of at least 4 members (excludes halogenated alkanes) is 22. The van der Waals surface area contributed by atoms with Crippen LogP contribution in [0.2, 0.25) is 0 Å². The van der Waals surface area contributed by atoms with Crippen molar-refractivity contribution in [1.82, 2.24) is 5.32 Å². The van der Waals surface area contributed by atoms with Gasteiger partial charge in [-0.3, -0.25) is 4.79 Å². The minimum Gasteiger partial charge on any atom is -0.394 e. The predicted octanol–water partition coefficient (Wildman–Crippen LogP) is 8.08. The molecule has 1 fully saturated rings. The van der Waals surface area contributed by atoms with Crippen LogP contribution in [0.25, 0.3) is 0 Å². The monoisotopic (exact) mass is 784 g/mol. The molecule has 0 aromatic heterocycles. The van der Waals surface area contributed by atoms with E-state index < -0.39 is 61.5 Å². The highest BCUT2D eigenvalue weighted by Crippen LogP contribution is 2.23. The Labute approximate surface area is 335 Å². The molecule has 0 aromatic carbocycles. The third-order valence-electron chi connectivity index (χ3n) is 10.9. The quantitative estimate of drug-likeness (QED) is 0.0243. The first kappa shape index (κ1) is 51.6. The van der Waals surface area contributed by atoms with Crippen molar-refractivity contribution >= 4 is 5.91 Å². The van der Waals surface area contributed by atoms with Crippen molar-refractivity contribution in [1.29, 1.82) is 0 Å². The summed E-state index contributed by atoms with van der Waals surface area (Å²) < 4.78 is 11.2. The van der Waals surface area contributed by atoms with E-state index >= 15 is 0 Å². The zero-order chi connectivity index (χ0) is 40.4. The number of hydrogen-bond donors (Lipinski definition) is 7. The van der Waals surface area contributed by atoms with E-state index in [0.717, 1.165) is 70.6 Å². The number of carbonyl (C=O) groups excluding carboxylic acids is 1. The Kier molecular flexibility index (Phi) is 33.6. The van der Waals surface area contributed by atoms with E-state index in [1.807, 2.05) is 0 Å². The smallest absolute Gasteiger partial charge is 0.249 e. The highest BCUT2D eigenvalue weighted by Gasteiger charge is 2.44. The van der Waals surface area contributed by atoms with Gasteiger partial charge in [0.1, 0.15) is 30.5 Å². The molecule has 7 N–H and O–H groups in total. The molecule has 1 saturated heterocycles. The summed E-state index contributed by atoms with van der Waals surface area (Å²) in [6.07, 6.45) is 30.7. The summed E-state index contributed by atoms with van der Waals surface area (Å²) in [5, 5.41) is 64.8. The number of hydrogen-bond acceptors (Lipinski definition) is 9. The Balaban J connectivity index is 2.41. The number of aliphatic hydroxyl groups excluding tert-OH is 6. The second kappa shape index (κ2) is 35.8. The first-order chi connectivity index (χ1) is 26.8. The van der Waals surface area contributed by atoms with Gasteiger partial charge in [-0.1, -0.05) is 173 Å². The van der Waals surface area contributed by atoms with Crippen molar-refractivity contribution in [3.05, 3.63) is 24.3 Å². The van der Waals surface area contributed by atoms with E-state index in [0.29, 0.717) is 19.3 Å². The molecule has 1 rings (SSSR count). The van der Waals surface area contributed by atoms with Gasteiger partial charge in [0, 0.05) is 0 Å². The minimum atomic E-state index is -1.60. The Morgan fingerprint density at radius 2 is 1.07 bits per heavy atom. The van der Waals surface area contributed by atoms with Gasteiger partial charge < -0.3 is 45.4 Å². The van der Waals surface area contributed by atoms with Crippen LogP contribution in [0.15, 0.2) is 24.3 Å². The van der Waals surface area contributed by atoms with E-state index in [9.17, 15) is 35.4 Å². The number of ether oxygens (including phenoxy) is 2. The standard InChI is InChI=1S/C45H85NO9/c1-3-5-7-9-11-13-15-17-19-20-22-24-26-28-30-32-34-39(49)44(53)46-37(36-54-45-43(52)42(51)41(50)40(35-47)55-45)38(48)33-31-29-27-25-23-21-18-16-14-12-10-8-6-4-2/h11,13,17,19,37-43,45,47-52H,3-10,12,14-16,18,20-36H2,1-2H3,(H,46,53)/b13-11-,19-17-. The van der Waals surface area contributed by atoms with Crippen LogP contribution < -0.4 is 5.32 Å². The van der Waals surface area contributed by atoms with Crippen molar-refractivity contribution in [2.24, 2.45) is 0 Å². The van der Waals surface area contributed by atoms with E-state index in [1.54, 1.807) is 0 Å². The van der Waals surface area contributed by atoms with Crippen LogP contribution in [0, 0.1) is 0 Å². The zero-order valence-electron chi connectivity index (χ0n) is 35.0. The lowest BCUT2D eigenvalue weighted by Crippen LogP contribution is -2.60. The van der Waals surface area contributed by atoms with Crippen LogP contribution in [-0.4, -0.2) is 98.7 Å². The normalized spacial score (nSPS) is 22.1. The van der Waals surface area contributed by atoms with Gasteiger partial charge in [-0.2, -0.15) is 0 Å². The molecular formula is C45H85NO9. The van der Waals surface area contributed by atoms with Crippen molar-refractivity contribution in [3.8, 4) is 0 Å². The van der Waals surface area contributed by atoms with Gasteiger partial charge in [0.05, 0.1) is 25.4 Å². The second-order valence-electron chi connectivity index (χ2n) is 16.0. The van der Waals surface area contributed by atoms with Gasteiger partial charge in [-0.05, 0) is 44.9 Å². The molecular weight excluding hydrogens is 698 g/mol. The molecule has 0 spiro atoms. The molecule has 55 heavy (non-hydrogen) atoms. The average molecular weight is 784 g/mol. The number of amides is 1. The number of nitrogens with one attached hydrogen (secondary N) is 1. The van der Waals surface area contributed by atoms with Crippen molar-refractivity contribution < 1.29 is 44.9 Å². The van der Waals surface area contributed by atoms with Crippen LogP contribution in [0.5, 0.6) is 0 Å². The summed E-state index contributed by atoms with van der Waals surface area (Å²) in [6.45, 7) is 3.63. The van der Waals surface area contributed by atoms with Crippen LogP contribution in [0.3, 0.4) is 0 Å². The fourth-order valence-corrected chi connectivity index (χ4v) is 7.14. The topological polar surface area (TPSA) is 169 Å². The van der Waals surface area contributed by atoms with Gasteiger partial charge in [0.25, 0.3) is 0 Å². The Bertz CT molecular complexity index is 932. The molecule has 1 aliphatic heterocycles. The summed E-state index contributed by atoms with van der Waals surface area (Å²) in [5.74, 6) is -0.593. The largest absolute Gasteiger partial charge is 0.394 e. The van der Waals surface area contributed by atoms with Crippen LogP contribution in [-0.2, 0) is 14.3 Å². The van der Waals surface area contributed by atoms with Gasteiger partial charge in [0.2, 0.25) is 5.91 Å². The summed E-state index contributed by atoms with van der Waals surface area (Å²) >= 11 is 0. The Morgan fingerprint density at radius 3 is 1.60 bits per heavy atom. The third kappa shape index (κ3) is 26.3. The summed E-state index contributed by atoms with van der Waals surface area (Å²) in [7, 11) is 0. The number of rotatable bonds is 37. The highest BCUT2D eigenvalue weighted by molar-refractivity contribution is 5.80. The van der Waals surface area contributed by atoms with Gasteiger partial charge in [-0.15, -0.1) is 0 Å². The van der Waals surface area contributed by atoms with E-state index in [2.05, 4.69) is 43.5 Å². The highest BCUT2D eigenvalue weighted by atomic mass is 16.7. The first-order valence-corrected chi connectivity index (χ1v) is 22.6. The lowest BCUT2D eigenvalue weighted by molar-refractivity contribution is -0.302. The van der Waals surface area contributed by atoms with Gasteiger partial charge in [0.15, 0.2) is 6.29 Å². The predicted molar refractivity (Wildman–Crippen MR) is 223 cm³/mol. The van der Waals surface area contributed by atoms with Crippen LogP contribution in [0.4, 0.5) is 0 Å². The maximum Gasteiger partial charge on any atom is 0.249 e. The van der Waals surface area contributed by atoms with Crippen LogP contribution in [0.1, 0.15) is 194 Å². The second-order valence-corrected chi connectivity index (χ2v) is 16.0. The molecule has 8 atom stereocenters. The maximum atomic E-state index is 13.0. The van der Waals surface area contributed by atoms with Crippen molar-refractivity contribution in [2.75, 3.05) is 13.2 Å². The molecule has 8 unspecified atom stereocenters. The number of carbonyl (C=O) groups is 1. The van der Waals surface area contributed by atoms with E-state index in [1.165, 1.54) is 89.9 Å². The summed E-state index contributed by atoms with van der Waals surface area (Å²) in [5.41, 5.74) is 0. The fourth-order valence-electron chi connectivity index (χ4n) is 7.14. The Morgan fingerprint density at radius 1 is 0.618 bits per heavy atom. The molecule has 1 aliphatic rings. The van der Waals surface area contributed by atoms with Gasteiger partial charge >= 0.3 is 0 Å². The zero-order valence-corrected chi connectivity index (χ0v) is 35.0. The fraction of sp³-hybridized carbons (Fsp3) is 0.889. The lowest BCUT2D eigenvalue weighted by Gasteiger charge is -2.40. The molecule has 10 nitrogen and oxygen atoms in total. The maximum absolute atomic E-state index is 13.0. The summed E-state index contributed by atoms with van der Waals surface area (Å²) in [6, 6.07) is -0.896. The van der Waals surface area contributed by atoms with Crippen molar-refractivity contribution in [3.63, 3.8) is 0 Å². The lowest BCUT2D eigenvalue weighted by atomic mass is 9.99. The SMILES string of the molecule is CCCCC/C=C\C/C=C\CCCCCCCCC(O)C(=O)NC(COC1OC(CO)C(O)C(O)C1O)C(O)CCCCCCCCCCCCCCCC. The van der Waals surface area contributed by atoms with E-state index in [4.69, 9.17) is 9.47 Å². The Hall–Kier alpha value is -1.37. The van der Waals surface area contributed by atoms with Crippen LogP contribution >= 0.6 is 0 Å². The average Bonchev–Trinajstić information content (AvgIpc) is 3.18. The molecule has 324 valence electrons. The minimum absolute atomic E-state index is 0.258. The molecule has 0 aliphatic carbocycles. The van der Waals surface area contributed by atoms with E-state index in [-0.39, 0.29) is 6.61 Å². The first-order valence-electron chi connectivity index (χ1n) is 22.6. The van der Waals surface area contributed by atoms with Gasteiger partial charge in [-0.25, -0.2) is 0 Å². The molecule has 1 heterocycles. The number of aliphatic hydroxyl groups is 6. The molecule has 0 aromatic rings. The van der Waals surface area contributed by atoms with Crippen molar-refractivity contribution in [2.45, 2.75) is 243 Å². The molecule has 0 bridgehead atoms. The summed E-state index contributed by atoms with van der Waals surface area (Å²) in [4.78, 5) is 13.0. The molecule has 10 heteroatoms. The third-order valence-corrected chi connectivity index (χ3v) is 10.9. The molecule has 0 saturated carbocycles. The molecule has 0 radical (unpaired) electrons.